The lowest BCUT2D eigenvalue weighted by atomic mass is 9.72. The number of alkyl halides is 3. The molecule has 0 heterocycles. The van der Waals surface area contributed by atoms with Crippen LogP contribution in [0.1, 0.15) is 47.0 Å². The molecule has 0 saturated carbocycles. The molecule has 0 fully saturated rings. The van der Waals surface area contributed by atoms with E-state index in [9.17, 15) is 13.2 Å². The molecule has 0 saturated heterocycles. The van der Waals surface area contributed by atoms with Crippen molar-refractivity contribution in [3.8, 4) is 0 Å². The first kappa shape index (κ1) is 15.7. The van der Waals surface area contributed by atoms with Gasteiger partial charge in [0.25, 0.3) is 5.79 Å². The van der Waals surface area contributed by atoms with Crippen LogP contribution in [-0.4, -0.2) is 22.2 Å². The monoisotopic (exact) mass is 242 g/mol. The molecule has 0 aromatic carbocycles. The molecule has 0 aromatic heterocycles. The van der Waals surface area contributed by atoms with Crippen LogP contribution in [-0.2, 0) is 0 Å². The summed E-state index contributed by atoms with van der Waals surface area (Å²) in [5.74, 6) is -3.96. The molecule has 0 spiro atoms. The second-order valence-electron chi connectivity index (χ2n) is 4.97. The summed E-state index contributed by atoms with van der Waals surface area (Å²) in [6.07, 6.45) is -4.49. The van der Waals surface area contributed by atoms with Crippen LogP contribution in [0.2, 0.25) is 0 Å². The van der Waals surface area contributed by atoms with Gasteiger partial charge >= 0.3 is 6.18 Å². The first-order valence-corrected chi connectivity index (χ1v) is 5.49. The number of hydrogen-bond acceptors (Lipinski definition) is 2. The molecule has 0 aromatic rings. The Morgan fingerprint density at radius 1 is 1.06 bits per heavy atom. The fraction of sp³-hybridized carbons (Fsp3) is 1.00. The minimum Gasteiger partial charge on any atom is -0.359 e. The van der Waals surface area contributed by atoms with E-state index in [1.54, 1.807) is 6.92 Å². The second-order valence-corrected chi connectivity index (χ2v) is 4.97. The Morgan fingerprint density at radius 3 is 1.75 bits per heavy atom. The Hall–Kier alpha value is -0.290. The molecular formula is C11H21F3O2. The van der Waals surface area contributed by atoms with Gasteiger partial charge in [0.2, 0.25) is 0 Å². The zero-order valence-corrected chi connectivity index (χ0v) is 10.2. The zero-order valence-electron chi connectivity index (χ0n) is 10.2. The highest BCUT2D eigenvalue weighted by atomic mass is 19.4. The molecule has 0 aliphatic heterocycles. The highest BCUT2D eigenvalue weighted by Crippen LogP contribution is 2.41. The third-order valence-electron chi connectivity index (χ3n) is 3.49. The predicted molar refractivity (Wildman–Crippen MR) is 55.7 cm³/mol. The molecule has 5 heteroatoms. The van der Waals surface area contributed by atoms with Crippen LogP contribution in [0.3, 0.4) is 0 Å². The molecule has 0 amide bonds. The Morgan fingerprint density at radius 2 is 1.50 bits per heavy atom. The Kier molecular flexibility index (Phi) is 4.83. The van der Waals surface area contributed by atoms with Crippen molar-refractivity contribution in [3.05, 3.63) is 0 Å². The van der Waals surface area contributed by atoms with Crippen LogP contribution in [0.5, 0.6) is 0 Å². The summed E-state index contributed by atoms with van der Waals surface area (Å²) in [6.45, 7) is 7.32. The Labute approximate surface area is 94.5 Å². The summed E-state index contributed by atoms with van der Waals surface area (Å²) in [7, 11) is 0. The van der Waals surface area contributed by atoms with Crippen LogP contribution in [0, 0.1) is 11.3 Å². The molecule has 0 radical (unpaired) electrons. The standard InChI is InChI=1S/C11H21F3O2/c1-5-8(9(3,4)6-2)7-10(15,16)11(12,13)14/h8,15-16H,5-7H2,1-4H3. The topological polar surface area (TPSA) is 40.5 Å². The van der Waals surface area contributed by atoms with Gasteiger partial charge < -0.3 is 10.2 Å². The number of aliphatic hydroxyl groups is 2. The second kappa shape index (κ2) is 4.92. The first-order chi connectivity index (χ1) is 6.98. The molecule has 0 bridgehead atoms. The maximum Gasteiger partial charge on any atom is 0.442 e. The van der Waals surface area contributed by atoms with Crippen molar-refractivity contribution in [1.29, 1.82) is 0 Å². The van der Waals surface area contributed by atoms with Crippen molar-refractivity contribution in [1.82, 2.24) is 0 Å². The van der Waals surface area contributed by atoms with Gasteiger partial charge in [0.05, 0.1) is 0 Å². The highest BCUT2D eigenvalue weighted by Gasteiger charge is 2.54. The summed E-state index contributed by atoms with van der Waals surface area (Å²) in [5.41, 5.74) is -0.337. The van der Waals surface area contributed by atoms with E-state index < -0.39 is 18.4 Å². The molecule has 2 N–H and O–H groups in total. The normalized spacial score (nSPS) is 16.3. The van der Waals surface area contributed by atoms with E-state index in [2.05, 4.69) is 0 Å². The van der Waals surface area contributed by atoms with Crippen molar-refractivity contribution in [2.45, 2.75) is 58.9 Å². The van der Waals surface area contributed by atoms with Gasteiger partial charge in [-0.2, -0.15) is 13.2 Å². The summed E-state index contributed by atoms with van der Waals surface area (Å²) >= 11 is 0. The minimum atomic E-state index is -5.00. The lowest BCUT2D eigenvalue weighted by Gasteiger charge is -2.37. The van der Waals surface area contributed by atoms with Crippen molar-refractivity contribution in [2.75, 3.05) is 0 Å². The van der Waals surface area contributed by atoms with Gasteiger partial charge in [0.1, 0.15) is 0 Å². The Balaban J connectivity index is 4.81. The summed E-state index contributed by atoms with van der Waals surface area (Å²) in [4.78, 5) is 0. The number of rotatable bonds is 5. The van der Waals surface area contributed by atoms with Crippen LogP contribution >= 0.6 is 0 Å². The van der Waals surface area contributed by atoms with E-state index in [1.807, 2.05) is 20.8 Å². The van der Waals surface area contributed by atoms with Crippen molar-refractivity contribution in [3.63, 3.8) is 0 Å². The molecular weight excluding hydrogens is 221 g/mol. The van der Waals surface area contributed by atoms with Gasteiger partial charge in [-0.1, -0.05) is 40.5 Å². The third kappa shape index (κ3) is 3.63. The van der Waals surface area contributed by atoms with Gasteiger partial charge in [-0.15, -0.1) is 0 Å². The Bertz CT molecular complexity index is 222. The summed E-state index contributed by atoms with van der Waals surface area (Å²) in [5, 5.41) is 18.1. The van der Waals surface area contributed by atoms with Gasteiger partial charge in [0.15, 0.2) is 0 Å². The molecule has 0 rings (SSSR count). The van der Waals surface area contributed by atoms with E-state index in [4.69, 9.17) is 10.2 Å². The average molecular weight is 242 g/mol. The lowest BCUT2D eigenvalue weighted by molar-refractivity contribution is -0.356. The predicted octanol–water partition coefficient (Wildman–Crippen LogP) is 3.08. The summed E-state index contributed by atoms with van der Waals surface area (Å²) in [6, 6.07) is 0. The summed E-state index contributed by atoms with van der Waals surface area (Å²) < 4.78 is 37.0. The van der Waals surface area contributed by atoms with Gasteiger partial charge in [-0.25, -0.2) is 0 Å². The largest absolute Gasteiger partial charge is 0.442 e. The molecule has 98 valence electrons. The number of hydrogen-bond donors (Lipinski definition) is 2. The van der Waals surface area contributed by atoms with Gasteiger partial charge in [-0.3, -0.25) is 0 Å². The van der Waals surface area contributed by atoms with Crippen molar-refractivity contribution >= 4 is 0 Å². The van der Waals surface area contributed by atoms with E-state index >= 15 is 0 Å². The quantitative estimate of drug-likeness (QED) is 0.727. The van der Waals surface area contributed by atoms with E-state index in [-0.39, 0.29) is 11.3 Å². The molecule has 0 aliphatic carbocycles. The SMILES string of the molecule is CCC(CC(O)(O)C(F)(F)F)C(C)(C)CC. The smallest absolute Gasteiger partial charge is 0.359 e. The van der Waals surface area contributed by atoms with Crippen LogP contribution in [0.15, 0.2) is 0 Å². The van der Waals surface area contributed by atoms with E-state index in [0.717, 1.165) is 0 Å². The maximum atomic E-state index is 12.3. The van der Waals surface area contributed by atoms with Crippen molar-refractivity contribution in [2.24, 2.45) is 11.3 Å². The molecule has 2 nitrogen and oxygen atoms in total. The van der Waals surface area contributed by atoms with Crippen LogP contribution < -0.4 is 0 Å². The zero-order chi connectivity index (χ0) is 13.2. The maximum absolute atomic E-state index is 12.3. The number of halogens is 3. The molecule has 1 atom stereocenters. The van der Waals surface area contributed by atoms with Crippen LogP contribution in [0.25, 0.3) is 0 Å². The van der Waals surface area contributed by atoms with Gasteiger partial charge in [0, 0.05) is 6.42 Å². The first-order valence-electron chi connectivity index (χ1n) is 5.49. The van der Waals surface area contributed by atoms with E-state index in [0.29, 0.717) is 12.8 Å². The van der Waals surface area contributed by atoms with E-state index in [1.165, 1.54) is 0 Å². The fourth-order valence-electron chi connectivity index (χ4n) is 1.72. The highest BCUT2D eigenvalue weighted by molar-refractivity contribution is 4.84. The van der Waals surface area contributed by atoms with Gasteiger partial charge in [-0.05, 0) is 11.3 Å². The third-order valence-corrected chi connectivity index (χ3v) is 3.49. The average Bonchev–Trinajstić information content (AvgIpc) is 2.12. The van der Waals surface area contributed by atoms with Crippen LogP contribution in [0.4, 0.5) is 13.2 Å². The molecule has 1 unspecified atom stereocenters. The fourth-order valence-corrected chi connectivity index (χ4v) is 1.72. The molecule has 0 aliphatic rings. The van der Waals surface area contributed by atoms with Crippen molar-refractivity contribution < 1.29 is 23.4 Å². The molecule has 16 heavy (non-hydrogen) atoms. The lowest BCUT2D eigenvalue weighted by Crippen LogP contribution is -2.48. The minimum absolute atomic E-state index is 0.337.